The Bertz CT molecular complexity index is 527. The number of anilines is 1. The molecule has 1 saturated heterocycles. The van der Waals surface area contributed by atoms with Crippen molar-refractivity contribution in [2.75, 3.05) is 32.1 Å². The fourth-order valence-electron chi connectivity index (χ4n) is 2.76. The molecule has 0 saturated carbocycles. The normalized spacial score (nSPS) is 22.1. The van der Waals surface area contributed by atoms with Crippen molar-refractivity contribution in [2.24, 2.45) is 5.73 Å². The number of nitrogen functional groups attached to an aromatic ring is 1. The first-order chi connectivity index (χ1) is 9.79. The zero-order valence-corrected chi connectivity index (χ0v) is 12.1. The molecule has 21 heavy (non-hydrogen) atoms. The maximum atomic E-state index is 14.2. The lowest BCUT2D eigenvalue weighted by Crippen LogP contribution is -2.38. The number of benzene rings is 1. The van der Waals surface area contributed by atoms with Crippen LogP contribution in [0, 0.1) is 17.0 Å². The average molecular weight is 298 g/mol. The monoisotopic (exact) mass is 298 g/mol. The number of aliphatic hydroxyl groups excluding tert-OH is 1. The van der Waals surface area contributed by atoms with Crippen molar-refractivity contribution >= 4 is 11.5 Å². The highest BCUT2D eigenvalue weighted by Gasteiger charge is 2.34. The molecular weight excluding hydrogens is 278 g/mol. The molecule has 0 amide bonds. The Balaban J connectivity index is 2.38. The molecule has 1 heterocycles. The van der Waals surface area contributed by atoms with Gasteiger partial charge < -0.3 is 20.6 Å². The molecule has 5 nitrogen and oxygen atoms in total. The van der Waals surface area contributed by atoms with E-state index in [1.165, 1.54) is 0 Å². The van der Waals surface area contributed by atoms with Gasteiger partial charge in [0.1, 0.15) is 23.2 Å². The molecule has 1 aromatic carbocycles. The van der Waals surface area contributed by atoms with E-state index < -0.39 is 17.7 Å². The first kappa shape index (κ1) is 15.7. The summed E-state index contributed by atoms with van der Waals surface area (Å²) in [4.78, 5) is 3.47. The number of rotatable bonds is 4. The molecule has 1 aromatic rings. The molecule has 0 aliphatic carbocycles. The van der Waals surface area contributed by atoms with Gasteiger partial charge in [0, 0.05) is 24.7 Å². The lowest BCUT2D eigenvalue weighted by molar-refractivity contribution is 0.191. The van der Waals surface area contributed by atoms with Gasteiger partial charge in [0.05, 0.1) is 6.10 Å². The predicted octanol–water partition coefficient (Wildman–Crippen LogP) is 0.750. The highest BCUT2D eigenvalue weighted by atomic mass is 19.1. The van der Waals surface area contributed by atoms with E-state index in [-0.39, 0.29) is 29.7 Å². The molecule has 1 aliphatic rings. The fourth-order valence-corrected chi connectivity index (χ4v) is 2.76. The van der Waals surface area contributed by atoms with Crippen molar-refractivity contribution in [1.29, 1.82) is 5.41 Å². The summed E-state index contributed by atoms with van der Waals surface area (Å²) in [7, 11) is 3.74. The molecule has 0 spiro atoms. The van der Waals surface area contributed by atoms with E-state index in [1.807, 2.05) is 19.0 Å². The van der Waals surface area contributed by atoms with Gasteiger partial charge in [-0.05, 0) is 32.6 Å². The molecule has 116 valence electrons. The van der Waals surface area contributed by atoms with E-state index >= 15 is 0 Å². The highest BCUT2D eigenvalue weighted by Crippen LogP contribution is 2.31. The zero-order valence-electron chi connectivity index (χ0n) is 12.1. The molecule has 7 heteroatoms. The molecule has 2 atom stereocenters. The largest absolute Gasteiger partial charge is 0.391 e. The summed E-state index contributed by atoms with van der Waals surface area (Å²) in [5.41, 5.74) is 5.11. The van der Waals surface area contributed by atoms with E-state index in [2.05, 4.69) is 0 Å². The number of likely N-dealkylation sites (N-methyl/N-ethyl adjacent to an activating group) is 1. The molecular formula is C14H20F2N4O. The minimum absolute atomic E-state index is 0.0117. The van der Waals surface area contributed by atoms with Crippen LogP contribution in [0.15, 0.2) is 12.1 Å². The highest BCUT2D eigenvalue weighted by molar-refractivity contribution is 5.95. The van der Waals surface area contributed by atoms with E-state index in [0.717, 1.165) is 12.1 Å². The van der Waals surface area contributed by atoms with E-state index in [9.17, 15) is 13.9 Å². The Hall–Kier alpha value is -1.73. The third-order valence-corrected chi connectivity index (χ3v) is 3.58. The Labute approximate surface area is 122 Å². The summed E-state index contributed by atoms with van der Waals surface area (Å²) in [6, 6.07) is 1.94. The van der Waals surface area contributed by atoms with Gasteiger partial charge >= 0.3 is 0 Å². The number of aliphatic hydroxyl groups is 1. The van der Waals surface area contributed by atoms with Gasteiger partial charge in [0.2, 0.25) is 0 Å². The molecule has 0 radical (unpaired) electrons. The van der Waals surface area contributed by atoms with Crippen LogP contribution in [0.4, 0.5) is 14.5 Å². The SMILES string of the molecule is CN(C)CC1CC(O)CN1c1c(F)cc(C(=N)N)cc1F. The van der Waals surface area contributed by atoms with Crippen LogP contribution in [-0.4, -0.2) is 55.2 Å². The van der Waals surface area contributed by atoms with Crippen molar-refractivity contribution in [1.82, 2.24) is 4.90 Å². The van der Waals surface area contributed by atoms with Crippen LogP contribution in [0.5, 0.6) is 0 Å². The van der Waals surface area contributed by atoms with Crippen LogP contribution in [0.2, 0.25) is 0 Å². The summed E-state index contributed by atoms with van der Waals surface area (Å²) in [5, 5.41) is 17.1. The summed E-state index contributed by atoms with van der Waals surface area (Å²) in [6.07, 6.45) is -0.146. The minimum atomic E-state index is -0.766. The Kier molecular flexibility index (Phi) is 4.43. The van der Waals surface area contributed by atoms with Gasteiger partial charge in [-0.15, -0.1) is 0 Å². The Morgan fingerprint density at radius 3 is 2.48 bits per heavy atom. The predicted molar refractivity (Wildman–Crippen MR) is 77.7 cm³/mol. The van der Waals surface area contributed by atoms with Crippen molar-refractivity contribution in [2.45, 2.75) is 18.6 Å². The summed E-state index contributed by atoms with van der Waals surface area (Å²) >= 11 is 0. The third-order valence-electron chi connectivity index (χ3n) is 3.58. The smallest absolute Gasteiger partial charge is 0.150 e. The lowest BCUT2D eigenvalue weighted by atomic mass is 10.1. The van der Waals surface area contributed by atoms with Crippen LogP contribution in [0.1, 0.15) is 12.0 Å². The third kappa shape index (κ3) is 3.30. The Morgan fingerprint density at radius 1 is 1.43 bits per heavy atom. The topological polar surface area (TPSA) is 76.6 Å². The van der Waals surface area contributed by atoms with Gasteiger partial charge in [-0.2, -0.15) is 0 Å². The second-order valence-electron chi connectivity index (χ2n) is 5.66. The fraction of sp³-hybridized carbons (Fsp3) is 0.500. The Morgan fingerprint density at radius 2 is 2.00 bits per heavy atom. The first-order valence-corrected chi connectivity index (χ1v) is 6.72. The van der Waals surface area contributed by atoms with Crippen LogP contribution < -0.4 is 10.6 Å². The maximum Gasteiger partial charge on any atom is 0.150 e. The van der Waals surface area contributed by atoms with E-state index in [4.69, 9.17) is 11.1 Å². The molecule has 2 rings (SSSR count). The molecule has 1 fully saturated rings. The van der Waals surface area contributed by atoms with Crippen LogP contribution in [-0.2, 0) is 0 Å². The molecule has 0 aromatic heterocycles. The standard InChI is InChI=1S/C14H20F2N4O/c1-19(2)6-9-5-10(21)7-20(9)13-11(15)3-8(14(17)18)4-12(13)16/h3-4,9-10,21H,5-7H2,1-2H3,(H3,17,18). The van der Waals surface area contributed by atoms with E-state index in [1.54, 1.807) is 4.90 Å². The average Bonchev–Trinajstić information content (AvgIpc) is 2.68. The summed E-state index contributed by atoms with van der Waals surface area (Å²) in [5.74, 6) is -1.92. The zero-order chi connectivity index (χ0) is 15.7. The number of halogens is 2. The van der Waals surface area contributed by atoms with Gasteiger partial charge in [-0.1, -0.05) is 0 Å². The van der Waals surface area contributed by atoms with E-state index in [0.29, 0.717) is 13.0 Å². The number of amidine groups is 1. The van der Waals surface area contributed by atoms with Gasteiger partial charge in [-0.3, -0.25) is 5.41 Å². The van der Waals surface area contributed by atoms with Crippen LogP contribution in [0.3, 0.4) is 0 Å². The van der Waals surface area contributed by atoms with Crippen molar-refractivity contribution in [3.63, 3.8) is 0 Å². The molecule has 1 aliphatic heterocycles. The molecule has 2 unspecified atom stereocenters. The summed E-state index contributed by atoms with van der Waals surface area (Å²) in [6.45, 7) is 0.774. The van der Waals surface area contributed by atoms with Crippen LogP contribution >= 0.6 is 0 Å². The number of hydrogen-bond donors (Lipinski definition) is 3. The summed E-state index contributed by atoms with van der Waals surface area (Å²) < 4.78 is 28.5. The molecule has 4 N–H and O–H groups in total. The number of hydrogen-bond acceptors (Lipinski definition) is 4. The number of nitrogens with zero attached hydrogens (tertiary/aromatic N) is 2. The van der Waals surface area contributed by atoms with Crippen molar-refractivity contribution in [3.05, 3.63) is 29.3 Å². The number of β-amino-alcohol motifs (C(OH)–C–C–N with tert-alkyl or cyclic N) is 1. The minimum Gasteiger partial charge on any atom is -0.391 e. The number of nitrogens with two attached hydrogens (primary N) is 1. The van der Waals surface area contributed by atoms with Crippen LogP contribution in [0.25, 0.3) is 0 Å². The quantitative estimate of drug-likeness (QED) is 0.566. The second-order valence-corrected chi connectivity index (χ2v) is 5.66. The molecule has 0 bridgehead atoms. The van der Waals surface area contributed by atoms with Gasteiger partial charge in [0.25, 0.3) is 0 Å². The maximum absolute atomic E-state index is 14.2. The lowest BCUT2D eigenvalue weighted by Gasteiger charge is -2.29. The number of nitrogens with one attached hydrogen (secondary N) is 1. The van der Waals surface area contributed by atoms with Gasteiger partial charge in [0.15, 0.2) is 0 Å². The van der Waals surface area contributed by atoms with Crippen molar-refractivity contribution in [3.8, 4) is 0 Å². The van der Waals surface area contributed by atoms with Crippen molar-refractivity contribution < 1.29 is 13.9 Å². The second kappa shape index (κ2) is 5.95. The van der Waals surface area contributed by atoms with Gasteiger partial charge in [-0.25, -0.2) is 8.78 Å². The first-order valence-electron chi connectivity index (χ1n) is 6.72.